The van der Waals surface area contributed by atoms with Crippen LogP contribution in [0.3, 0.4) is 0 Å². The molecule has 8 nitrogen and oxygen atoms in total. The lowest BCUT2D eigenvalue weighted by atomic mass is 10.0. The summed E-state index contributed by atoms with van der Waals surface area (Å²) >= 11 is 0. The predicted octanol–water partition coefficient (Wildman–Crippen LogP) is 6.10. The molecule has 0 atom stereocenters. The number of benzene rings is 2. The molecule has 36 heavy (non-hydrogen) atoms. The van der Waals surface area contributed by atoms with E-state index in [1.54, 1.807) is 0 Å². The van der Waals surface area contributed by atoms with Gasteiger partial charge in [0, 0.05) is 24.0 Å². The van der Waals surface area contributed by atoms with Gasteiger partial charge in [0.15, 0.2) is 0 Å². The molecule has 2 aromatic carbocycles. The number of unbranched alkanes of at least 4 members (excludes halogenated alkanes) is 1. The molecule has 0 spiro atoms. The Morgan fingerprint density at radius 3 is 2.58 bits per heavy atom. The average Bonchev–Trinajstić information content (AvgIpc) is 3.63. The first-order valence-corrected chi connectivity index (χ1v) is 12.5. The SMILES string of the molecule is CCCCc1c(C)nn(-c2ccc(OCc3c(NC(=O)N(C)N)cccc3C3CC3)c(C)c2)c1C.N. The van der Waals surface area contributed by atoms with Crippen LogP contribution in [0.5, 0.6) is 5.75 Å². The number of nitrogens with zero attached hydrogens (tertiary/aromatic N) is 3. The molecule has 1 heterocycles. The molecule has 1 saturated carbocycles. The zero-order chi connectivity index (χ0) is 25.1. The van der Waals surface area contributed by atoms with E-state index in [1.165, 1.54) is 36.7 Å². The zero-order valence-corrected chi connectivity index (χ0v) is 22.2. The van der Waals surface area contributed by atoms with Crippen molar-refractivity contribution >= 4 is 11.7 Å². The molecule has 1 aliphatic carbocycles. The number of carbonyl (C=O) groups excluding carboxylic acids is 1. The van der Waals surface area contributed by atoms with Crippen LogP contribution in [-0.4, -0.2) is 27.9 Å². The fourth-order valence-corrected chi connectivity index (χ4v) is 4.58. The Bertz CT molecular complexity index is 1210. The lowest BCUT2D eigenvalue weighted by Crippen LogP contribution is -2.37. The van der Waals surface area contributed by atoms with Gasteiger partial charge in [-0.2, -0.15) is 5.10 Å². The maximum Gasteiger partial charge on any atom is 0.335 e. The van der Waals surface area contributed by atoms with Gasteiger partial charge < -0.3 is 16.2 Å². The lowest BCUT2D eigenvalue weighted by molar-refractivity contribution is 0.223. The maximum atomic E-state index is 12.2. The fraction of sp³-hybridized carbons (Fsp3) is 0.429. The van der Waals surface area contributed by atoms with E-state index < -0.39 is 0 Å². The number of aryl methyl sites for hydroxylation is 2. The summed E-state index contributed by atoms with van der Waals surface area (Å²) < 4.78 is 8.34. The number of amides is 2. The number of anilines is 1. The summed E-state index contributed by atoms with van der Waals surface area (Å²) in [5.74, 6) is 6.96. The van der Waals surface area contributed by atoms with Gasteiger partial charge in [-0.25, -0.2) is 15.3 Å². The smallest absolute Gasteiger partial charge is 0.335 e. The van der Waals surface area contributed by atoms with Crippen LogP contribution in [-0.2, 0) is 13.0 Å². The van der Waals surface area contributed by atoms with E-state index in [9.17, 15) is 4.79 Å². The summed E-state index contributed by atoms with van der Waals surface area (Å²) in [6.07, 6.45) is 5.74. The highest BCUT2D eigenvalue weighted by molar-refractivity contribution is 5.89. The molecule has 3 aromatic rings. The van der Waals surface area contributed by atoms with E-state index in [0.29, 0.717) is 12.5 Å². The topological polar surface area (TPSA) is 120 Å². The highest BCUT2D eigenvalue weighted by Gasteiger charge is 2.28. The molecule has 194 valence electrons. The Hall–Kier alpha value is -3.36. The van der Waals surface area contributed by atoms with Gasteiger partial charge in [-0.15, -0.1) is 0 Å². The molecule has 0 radical (unpaired) electrons. The van der Waals surface area contributed by atoms with Crippen LogP contribution in [0, 0.1) is 20.8 Å². The lowest BCUT2D eigenvalue weighted by Gasteiger charge is -2.19. The summed E-state index contributed by atoms with van der Waals surface area (Å²) in [4.78, 5) is 12.2. The van der Waals surface area contributed by atoms with Crippen LogP contribution < -0.4 is 22.0 Å². The molecular weight excluding hydrogens is 452 g/mol. The van der Waals surface area contributed by atoms with E-state index in [-0.39, 0.29) is 12.2 Å². The Labute approximate surface area is 214 Å². The minimum atomic E-state index is -0.358. The second-order valence-corrected chi connectivity index (χ2v) is 9.59. The first kappa shape index (κ1) is 27.2. The van der Waals surface area contributed by atoms with Crippen LogP contribution in [0.25, 0.3) is 5.69 Å². The first-order valence-electron chi connectivity index (χ1n) is 12.5. The molecule has 0 aliphatic heterocycles. The van der Waals surface area contributed by atoms with E-state index >= 15 is 0 Å². The maximum absolute atomic E-state index is 12.2. The van der Waals surface area contributed by atoms with Crippen molar-refractivity contribution in [1.29, 1.82) is 0 Å². The number of nitrogens with one attached hydrogen (secondary N) is 1. The number of urea groups is 1. The minimum Gasteiger partial charge on any atom is -0.489 e. The third kappa shape index (κ3) is 5.88. The van der Waals surface area contributed by atoms with Gasteiger partial charge in [-0.1, -0.05) is 25.5 Å². The van der Waals surface area contributed by atoms with Crippen molar-refractivity contribution in [3.05, 3.63) is 70.0 Å². The van der Waals surface area contributed by atoms with Crippen LogP contribution >= 0.6 is 0 Å². The summed E-state index contributed by atoms with van der Waals surface area (Å²) in [5, 5.41) is 8.77. The molecule has 8 heteroatoms. The van der Waals surface area contributed by atoms with E-state index in [1.807, 2.05) is 22.9 Å². The summed E-state index contributed by atoms with van der Waals surface area (Å²) in [7, 11) is 1.52. The highest BCUT2D eigenvalue weighted by Crippen LogP contribution is 2.43. The van der Waals surface area contributed by atoms with E-state index in [0.717, 1.165) is 58.2 Å². The number of aromatic nitrogens is 2. The van der Waals surface area contributed by atoms with E-state index in [4.69, 9.17) is 15.7 Å². The summed E-state index contributed by atoms with van der Waals surface area (Å²) in [6.45, 7) is 8.88. The molecule has 0 bridgehead atoms. The number of carbonyl (C=O) groups is 1. The molecule has 2 amide bonds. The molecule has 0 saturated heterocycles. The quantitative estimate of drug-likeness (QED) is 0.189. The number of rotatable bonds is 9. The van der Waals surface area contributed by atoms with Crippen LogP contribution in [0.15, 0.2) is 36.4 Å². The first-order chi connectivity index (χ1) is 16.8. The zero-order valence-electron chi connectivity index (χ0n) is 22.2. The summed E-state index contributed by atoms with van der Waals surface area (Å²) in [6, 6.07) is 11.9. The number of hydrogen-bond donors (Lipinski definition) is 3. The van der Waals surface area contributed by atoms with Crippen molar-refractivity contribution in [3.8, 4) is 11.4 Å². The van der Waals surface area contributed by atoms with Crippen molar-refractivity contribution in [2.24, 2.45) is 5.84 Å². The number of ether oxygens (including phenoxy) is 1. The Morgan fingerprint density at radius 1 is 1.19 bits per heavy atom. The Morgan fingerprint density at radius 2 is 1.94 bits per heavy atom. The Kier molecular flexibility index (Phi) is 8.76. The fourth-order valence-electron chi connectivity index (χ4n) is 4.58. The average molecular weight is 493 g/mol. The van der Waals surface area contributed by atoms with Crippen molar-refractivity contribution in [2.75, 3.05) is 12.4 Å². The standard InChI is InChI=1S/C28H37N5O2.H3N/c1-6-7-9-23-19(3)31-33(20(23)4)22-14-15-27(18(2)16-22)35-17-25-24(21-12-13-21)10-8-11-26(25)30-28(34)32(5)29;/h8,10-11,14-16,21H,6-7,9,12-13,17,29H2,1-5H3,(H,30,34);1H3. The van der Waals surface area contributed by atoms with Gasteiger partial charge in [0.25, 0.3) is 0 Å². The Balaban J connectivity index is 0.00000361. The molecule has 4 rings (SSSR count). The third-order valence-electron chi connectivity index (χ3n) is 6.79. The largest absolute Gasteiger partial charge is 0.489 e. The highest BCUT2D eigenvalue weighted by atomic mass is 16.5. The van der Waals surface area contributed by atoms with Gasteiger partial charge >= 0.3 is 6.03 Å². The van der Waals surface area contributed by atoms with Gasteiger partial charge in [-0.3, -0.25) is 5.01 Å². The second-order valence-electron chi connectivity index (χ2n) is 9.59. The number of hydrazine groups is 1. The minimum absolute atomic E-state index is 0. The molecule has 1 aliphatic rings. The molecule has 0 unspecified atom stereocenters. The molecule has 1 fully saturated rings. The monoisotopic (exact) mass is 492 g/mol. The van der Waals surface area contributed by atoms with E-state index in [2.05, 4.69) is 51.2 Å². The summed E-state index contributed by atoms with van der Waals surface area (Å²) in [5.41, 5.74) is 8.71. The van der Waals surface area contributed by atoms with Crippen LogP contribution in [0.1, 0.15) is 72.2 Å². The predicted molar refractivity (Wildman–Crippen MR) is 145 cm³/mol. The van der Waals surface area contributed by atoms with Crippen molar-refractivity contribution < 1.29 is 9.53 Å². The molecular formula is C28H40N6O2. The van der Waals surface area contributed by atoms with Gasteiger partial charge in [-0.05, 0) is 93.3 Å². The second kappa shape index (κ2) is 11.6. The van der Waals surface area contributed by atoms with Crippen molar-refractivity contribution in [1.82, 2.24) is 20.9 Å². The van der Waals surface area contributed by atoms with Gasteiger partial charge in [0.1, 0.15) is 12.4 Å². The van der Waals surface area contributed by atoms with Crippen LogP contribution in [0.4, 0.5) is 10.5 Å². The number of hydrogen-bond acceptors (Lipinski definition) is 5. The third-order valence-corrected chi connectivity index (χ3v) is 6.79. The molecule has 1 aromatic heterocycles. The number of nitrogens with two attached hydrogens (primary N) is 1. The molecule has 6 N–H and O–H groups in total. The van der Waals surface area contributed by atoms with Crippen molar-refractivity contribution in [3.63, 3.8) is 0 Å². The van der Waals surface area contributed by atoms with Gasteiger partial charge in [0.05, 0.1) is 11.4 Å². The van der Waals surface area contributed by atoms with Crippen molar-refractivity contribution in [2.45, 2.75) is 72.3 Å². The van der Waals surface area contributed by atoms with Crippen LogP contribution in [0.2, 0.25) is 0 Å². The van der Waals surface area contributed by atoms with Gasteiger partial charge in [0.2, 0.25) is 0 Å². The normalized spacial score (nSPS) is 12.7.